The van der Waals surface area contributed by atoms with Gasteiger partial charge in [0.2, 0.25) is 5.91 Å². The van der Waals surface area contributed by atoms with Crippen molar-refractivity contribution in [2.24, 2.45) is 12.8 Å². The first kappa shape index (κ1) is 16.6. The number of halogens is 2. The van der Waals surface area contributed by atoms with E-state index in [-0.39, 0.29) is 37.3 Å². The van der Waals surface area contributed by atoms with Gasteiger partial charge in [0.15, 0.2) is 0 Å². The first-order valence-electron chi connectivity index (χ1n) is 4.06. The number of rotatable bonds is 2. The van der Waals surface area contributed by atoms with Crippen LogP contribution in [-0.2, 0) is 11.8 Å². The number of aromatic nitrogens is 2. The lowest BCUT2D eigenvalue weighted by Gasteiger charge is -2.02. The van der Waals surface area contributed by atoms with Gasteiger partial charge in [-0.15, -0.1) is 24.8 Å². The fraction of sp³-hybridized carbons (Fsp3) is 0.500. The van der Waals surface area contributed by atoms with Crippen molar-refractivity contribution in [3.8, 4) is 0 Å². The molecule has 0 aliphatic heterocycles. The Balaban J connectivity index is 0. The lowest BCUT2D eigenvalue weighted by Crippen LogP contribution is -2.22. The van der Waals surface area contributed by atoms with E-state index in [1.54, 1.807) is 4.68 Å². The van der Waals surface area contributed by atoms with Gasteiger partial charge >= 0.3 is 0 Å². The number of amides is 1. The zero-order chi connectivity index (χ0) is 10.0. The molecule has 0 saturated heterocycles. The molecule has 0 fully saturated rings. The lowest BCUT2D eigenvalue weighted by atomic mass is 10.3. The minimum Gasteiger partial charge on any atom is -0.322 e. The summed E-state index contributed by atoms with van der Waals surface area (Å²) in [5, 5.41) is 6.86. The molecule has 1 heterocycles. The molecule has 3 N–H and O–H groups in total. The van der Waals surface area contributed by atoms with Crippen LogP contribution in [0.2, 0.25) is 0 Å². The van der Waals surface area contributed by atoms with Gasteiger partial charge in [-0.1, -0.05) is 0 Å². The normalized spacial score (nSPS) is 8.80. The van der Waals surface area contributed by atoms with Crippen LogP contribution in [0, 0.1) is 13.8 Å². The van der Waals surface area contributed by atoms with Gasteiger partial charge in [-0.05, 0) is 13.8 Å². The van der Waals surface area contributed by atoms with E-state index in [9.17, 15) is 4.79 Å². The lowest BCUT2D eigenvalue weighted by molar-refractivity contribution is -0.114. The highest BCUT2D eigenvalue weighted by Gasteiger charge is 2.10. The third-order valence-electron chi connectivity index (χ3n) is 1.96. The summed E-state index contributed by atoms with van der Waals surface area (Å²) < 4.78 is 1.72. The van der Waals surface area contributed by atoms with Crippen molar-refractivity contribution in [3.05, 3.63) is 11.4 Å². The SMILES string of the molecule is Cc1nn(C)c(C)c1NC(=O)CN.Cl.Cl. The van der Waals surface area contributed by atoms with Crippen molar-refractivity contribution in [1.29, 1.82) is 0 Å². The average Bonchev–Trinajstić information content (AvgIpc) is 2.32. The summed E-state index contributed by atoms with van der Waals surface area (Å²) in [6.45, 7) is 3.74. The van der Waals surface area contributed by atoms with E-state index in [1.165, 1.54) is 0 Å². The maximum Gasteiger partial charge on any atom is 0.238 e. The summed E-state index contributed by atoms with van der Waals surface area (Å²) >= 11 is 0. The Labute approximate surface area is 101 Å². The molecular formula is C8H16Cl2N4O. The van der Waals surface area contributed by atoms with E-state index >= 15 is 0 Å². The summed E-state index contributed by atoms with van der Waals surface area (Å²) in [4.78, 5) is 11.0. The molecule has 1 aromatic rings. The van der Waals surface area contributed by atoms with Crippen LogP contribution in [-0.4, -0.2) is 22.2 Å². The predicted octanol–water partition coefficient (Wildman–Crippen LogP) is 0.778. The van der Waals surface area contributed by atoms with Gasteiger partial charge in [-0.2, -0.15) is 5.10 Å². The van der Waals surface area contributed by atoms with Crippen LogP contribution in [0.25, 0.3) is 0 Å². The number of hydrogen-bond acceptors (Lipinski definition) is 3. The first-order valence-corrected chi connectivity index (χ1v) is 4.06. The summed E-state index contributed by atoms with van der Waals surface area (Å²) in [5.74, 6) is -0.195. The van der Waals surface area contributed by atoms with Gasteiger partial charge < -0.3 is 11.1 Å². The Morgan fingerprint density at radius 1 is 1.47 bits per heavy atom. The molecule has 0 atom stereocenters. The van der Waals surface area contributed by atoms with Crippen molar-refractivity contribution < 1.29 is 4.79 Å². The number of hydrogen-bond donors (Lipinski definition) is 2. The van der Waals surface area contributed by atoms with E-state index in [2.05, 4.69) is 10.4 Å². The Hall–Kier alpha value is -0.780. The Morgan fingerprint density at radius 3 is 2.33 bits per heavy atom. The number of aryl methyl sites for hydroxylation is 2. The topological polar surface area (TPSA) is 72.9 Å². The van der Waals surface area contributed by atoms with E-state index in [0.29, 0.717) is 0 Å². The minimum absolute atomic E-state index is 0. The van der Waals surface area contributed by atoms with Crippen molar-refractivity contribution in [1.82, 2.24) is 9.78 Å². The highest BCUT2D eigenvalue weighted by molar-refractivity contribution is 5.93. The molecule has 0 spiro atoms. The quantitative estimate of drug-likeness (QED) is 0.820. The molecule has 1 amide bonds. The molecule has 0 saturated carbocycles. The van der Waals surface area contributed by atoms with Gasteiger partial charge in [0.05, 0.1) is 23.6 Å². The van der Waals surface area contributed by atoms with Crippen molar-refractivity contribution in [2.75, 3.05) is 11.9 Å². The highest BCUT2D eigenvalue weighted by Crippen LogP contribution is 2.17. The zero-order valence-corrected chi connectivity index (χ0v) is 10.5. The molecule has 7 heteroatoms. The van der Waals surface area contributed by atoms with Crippen LogP contribution in [0.15, 0.2) is 0 Å². The summed E-state index contributed by atoms with van der Waals surface area (Å²) in [6, 6.07) is 0. The van der Waals surface area contributed by atoms with Gasteiger partial charge in [-0.25, -0.2) is 0 Å². The van der Waals surface area contributed by atoms with Crippen molar-refractivity contribution in [3.63, 3.8) is 0 Å². The maximum atomic E-state index is 11.0. The van der Waals surface area contributed by atoms with Gasteiger partial charge in [0.1, 0.15) is 0 Å². The fourth-order valence-corrected chi connectivity index (χ4v) is 1.14. The number of nitrogens with two attached hydrogens (primary N) is 1. The van der Waals surface area contributed by atoms with E-state index in [0.717, 1.165) is 17.1 Å². The van der Waals surface area contributed by atoms with Crippen LogP contribution >= 0.6 is 24.8 Å². The van der Waals surface area contributed by atoms with Crippen LogP contribution < -0.4 is 11.1 Å². The molecule has 1 rings (SSSR count). The van der Waals surface area contributed by atoms with Gasteiger partial charge in [0.25, 0.3) is 0 Å². The Kier molecular flexibility index (Phi) is 7.39. The smallest absolute Gasteiger partial charge is 0.238 e. The number of carbonyl (C=O) groups is 1. The molecule has 0 bridgehead atoms. The zero-order valence-electron chi connectivity index (χ0n) is 8.90. The molecule has 0 aliphatic carbocycles. The highest BCUT2D eigenvalue weighted by atomic mass is 35.5. The third-order valence-corrected chi connectivity index (χ3v) is 1.96. The first-order chi connectivity index (χ1) is 6.06. The third kappa shape index (κ3) is 3.70. The second kappa shape index (κ2) is 6.66. The van der Waals surface area contributed by atoms with Crippen LogP contribution in [0.3, 0.4) is 0 Å². The maximum absolute atomic E-state index is 11.0. The molecule has 0 unspecified atom stereocenters. The largest absolute Gasteiger partial charge is 0.322 e. The fourth-order valence-electron chi connectivity index (χ4n) is 1.14. The van der Waals surface area contributed by atoms with Crippen LogP contribution in [0.1, 0.15) is 11.4 Å². The minimum atomic E-state index is -0.195. The molecule has 0 aromatic carbocycles. The van der Waals surface area contributed by atoms with Crippen molar-refractivity contribution >= 4 is 36.4 Å². The van der Waals surface area contributed by atoms with Gasteiger partial charge in [-0.3, -0.25) is 9.48 Å². The Morgan fingerprint density at radius 2 is 2.00 bits per heavy atom. The number of nitrogens with one attached hydrogen (secondary N) is 1. The van der Waals surface area contributed by atoms with E-state index < -0.39 is 0 Å². The second-order valence-electron chi connectivity index (χ2n) is 2.92. The standard InChI is InChI=1S/C8H14N4O.2ClH/c1-5-8(10-7(13)4-9)6(2)12(3)11-5;;/h4,9H2,1-3H3,(H,10,13);2*1H. The molecule has 88 valence electrons. The van der Waals surface area contributed by atoms with E-state index in [1.807, 2.05) is 20.9 Å². The monoisotopic (exact) mass is 254 g/mol. The molecule has 5 nitrogen and oxygen atoms in total. The van der Waals surface area contributed by atoms with Gasteiger partial charge in [0, 0.05) is 7.05 Å². The number of nitrogens with zero attached hydrogens (tertiary/aromatic N) is 2. The predicted molar refractivity (Wildman–Crippen MR) is 64.9 cm³/mol. The molecule has 1 aromatic heterocycles. The number of carbonyl (C=O) groups excluding carboxylic acids is 1. The molecule has 0 aliphatic rings. The molecule has 15 heavy (non-hydrogen) atoms. The summed E-state index contributed by atoms with van der Waals surface area (Å²) in [6.07, 6.45) is 0. The van der Waals surface area contributed by atoms with E-state index in [4.69, 9.17) is 5.73 Å². The molecule has 0 radical (unpaired) electrons. The van der Waals surface area contributed by atoms with Crippen LogP contribution in [0.5, 0.6) is 0 Å². The Bertz CT molecular complexity index is 338. The second-order valence-corrected chi connectivity index (χ2v) is 2.92. The number of anilines is 1. The summed E-state index contributed by atoms with van der Waals surface area (Å²) in [5.41, 5.74) is 7.69. The van der Waals surface area contributed by atoms with Crippen molar-refractivity contribution in [2.45, 2.75) is 13.8 Å². The summed E-state index contributed by atoms with van der Waals surface area (Å²) in [7, 11) is 1.83. The average molecular weight is 255 g/mol. The van der Waals surface area contributed by atoms with Crippen LogP contribution in [0.4, 0.5) is 5.69 Å². The molecular weight excluding hydrogens is 239 g/mol.